The Morgan fingerprint density at radius 1 is 1.30 bits per heavy atom. The summed E-state index contributed by atoms with van der Waals surface area (Å²) in [6, 6.07) is 7.61. The molecular formula is C18H24ClN5O2S. The number of hydrogen-bond acceptors (Lipinski definition) is 4. The van der Waals surface area contributed by atoms with Crippen molar-refractivity contribution >= 4 is 34.8 Å². The summed E-state index contributed by atoms with van der Waals surface area (Å²) in [7, 11) is 1.62. The van der Waals surface area contributed by atoms with Gasteiger partial charge in [-0.1, -0.05) is 37.1 Å². The van der Waals surface area contributed by atoms with Crippen LogP contribution in [0.1, 0.15) is 41.4 Å². The van der Waals surface area contributed by atoms with E-state index in [4.69, 9.17) is 28.6 Å². The number of rotatable bonds is 7. The van der Waals surface area contributed by atoms with E-state index in [0.29, 0.717) is 34.6 Å². The van der Waals surface area contributed by atoms with Crippen molar-refractivity contribution in [1.82, 2.24) is 25.9 Å². The van der Waals surface area contributed by atoms with Gasteiger partial charge in [-0.2, -0.15) is 5.10 Å². The molecule has 0 saturated heterocycles. The molecule has 0 aliphatic heterocycles. The van der Waals surface area contributed by atoms with Crippen molar-refractivity contribution in [2.45, 2.75) is 39.8 Å². The van der Waals surface area contributed by atoms with Gasteiger partial charge in [-0.3, -0.25) is 20.3 Å². The smallest absolute Gasteiger partial charge is 0.274 e. The zero-order chi connectivity index (χ0) is 19.8. The quantitative estimate of drug-likeness (QED) is 0.482. The Morgan fingerprint density at radius 2 is 2.00 bits per heavy atom. The molecule has 0 aliphatic rings. The molecule has 27 heavy (non-hydrogen) atoms. The maximum absolute atomic E-state index is 12.4. The number of hydrazine groups is 1. The minimum Gasteiger partial charge on any atom is -0.497 e. The van der Waals surface area contributed by atoms with E-state index in [2.05, 4.69) is 28.2 Å². The van der Waals surface area contributed by atoms with Crippen LogP contribution in [0.4, 0.5) is 0 Å². The van der Waals surface area contributed by atoms with Crippen molar-refractivity contribution in [3.63, 3.8) is 0 Å². The van der Waals surface area contributed by atoms with Crippen LogP contribution in [0.2, 0.25) is 5.15 Å². The number of halogens is 1. The van der Waals surface area contributed by atoms with Crippen molar-refractivity contribution < 1.29 is 9.53 Å². The lowest BCUT2D eigenvalue weighted by atomic mass is 10.2. The summed E-state index contributed by atoms with van der Waals surface area (Å²) in [5.41, 5.74) is 7.19. The second-order valence-electron chi connectivity index (χ2n) is 5.94. The van der Waals surface area contributed by atoms with Crippen LogP contribution in [0.5, 0.6) is 5.75 Å². The van der Waals surface area contributed by atoms with Gasteiger partial charge in [0.25, 0.3) is 5.91 Å². The molecule has 0 fully saturated rings. The number of unbranched alkanes of at least 4 members (excludes halogenated alkanes) is 1. The Morgan fingerprint density at radius 3 is 2.63 bits per heavy atom. The van der Waals surface area contributed by atoms with Gasteiger partial charge in [0.1, 0.15) is 16.5 Å². The number of nitrogens with zero attached hydrogens (tertiary/aromatic N) is 2. The van der Waals surface area contributed by atoms with Crippen molar-refractivity contribution in [3.8, 4) is 5.75 Å². The number of methoxy groups -OCH3 is 1. The molecule has 1 heterocycles. The highest BCUT2D eigenvalue weighted by molar-refractivity contribution is 7.80. The van der Waals surface area contributed by atoms with E-state index < -0.39 is 0 Å². The Labute approximate surface area is 169 Å². The van der Waals surface area contributed by atoms with E-state index in [1.165, 1.54) is 0 Å². The Balaban J connectivity index is 1.85. The van der Waals surface area contributed by atoms with E-state index in [1.807, 2.05) is 24.3 Å². The molecular weight excluding hydrogens is 386 g/mol. The summed E-state index contributed by atoms with van der Waals surface area (Å²) in [5.74, 6) is 0.410. The average Bonchev–Trinajstić information content (AvgIpc) is 2.96. The van der Waals surface area contributed by atoms with Crippen molar-refractivity contribution in [2.24, 2.45) is 0 Å². The van der Waals surface area contributed by atoms with Gasteiger partial charge >= 0.3 is 0 Å². The van der Waals surface area contributed by atoms with E-state index in [1.54, 1.807) is 18.7 Å². The lowest BCUT2D eigenvalue weighted by molar-refractivity contribution is 0.0943. The number of benzene rings is 1. The largest absolute Gasteiger partial charge is 0.497 e. The number of aryl methyl sites for hydroxylation is 2. The maximum atomic E-state index is 12.4. The fourth-order valence-corrected chi connectivity index (χ4v) is 2.88. The normalized spacial score (nSPS) is 10.4. The second-order valence-corrected chi connectivity index (χ2v) is 6.70. The molecule has 0 saturated carbocycles. The summed E-state index contributed by atoms with van der Waals surface area (Å²) in [6.07, 6.45) is 1.96. The number of nitrogens with one attached hydrogen (secondary N) is 3. The standard InChI is InChI=1S/C18H24ClN5O2S/c1-4-5-10-24-16(19)15(12(2)23-24)17(25)21-22-18(27)20-11-13-6-8-14(26-3)9-7-13/h6-9H,4-5,10-11H2,1-3H3,(H,21,25)(H2,20,22,27). The van der Waals surface area contributed by atoms with Crippen LogP contribution in [0.25, 0.3) is 0 Å². The SMILES string of the molecule is CCCCn1nc(C)c(C(=O)NNC(=S)NCc2ccc(OC)cc2)c1Cl. The number of thiocarbonyl (C=S) groups is 1. The summed E-state index contributed by atoms with van der Waals surface area (Å²) < 4.78 is 6.77. The van der Waals surface area contributed by atoms with Gasteiger partial charge in [0.2, 0.25) is 0 Å². The van der Waals surface area contributed by atoms with Crippen molar-refractivity contribution in [2.75, 3.05) is 7.11 Å². The third-order valence-electron chi connectivity index (χ3n) is 3.92. The molecule has 146 valence electrons. The Bertz CT molecular complexity index is 792. The number of carbonyl (C=O) groups is 1. The maximum Gasteiger partial charge on any atom is 0.274 e. The van der Waals surface area contributed by atoms with Gasteiger partial charge < -0.3 is 10.1 Å². The summed E-state index contributed by atoms with van der Waals surface area (Å²) in [5, 5.41) is 7.97. The van der Waals surface area contributed by atoms with Crippen molar-refractivity contribution in [3.05, 3.63) is 46.2 Å². The fourth-order valence-electron chi connectivity index (χ4n) is 2.41. The highest BCUT2D eigenvalue weighted by atomic mass is 35.5. The molecule has 7 nitrogen and oxygen atoms in total. The summed E-state index contributed by atoms with van der Waals surface area (Å²) in [4.78, 5) is 12.4. The second kappa shape index (κ2) is 10.1. The van der Waals surface area contributed by atoms with E-state index in [9.17, 15) is 4.79 Å². The number of hydrogen-bond donors (Lipinski definition) is 3. The van der Waals surface area contributed by atoms with E-state index in [-0.39, 0.29) is 5.91 Å². The lowest BCUT2D eigenvalue weighted by Crippen LogP contribution is -2.46. The predicted octanol–water partition coefficient (Wildman–Crippen LogP) is 2.96. The Hall–Kier alpha value is -2.32. The highest BCUT2D eigenvalue weighted by Gasteiger charge is 2.20. The predicted molar refractivity (Wildman–Crippen MR) is 110 cm³/mol. The zero-order valence-corrected chi connectivity index (χ0v) is 17.2. The summed E-state index contributed by atoms with van der Waals surface area (Å²) in [6.45, 7) is 5.03. The third kappa shape index (κ3) is 5.83. The molecule has 0 atom stereocenters. The van der Waals surface area contributed by atoms with Gasteiger partial charge in [-0.15, -0.1) is 0 Å². The van der Waals surface area contributed by atoms with E-state index >= 15 is 0 Å². The molecule has 1 aromatic heterocycles. The molecule has 0 unspecified atom stereocenters. The third-order valence-corrected chi connectivity index (χ3v) is 4.55. The fraction of sp³-hybridized carbons (Fsp3) is 0.389. The Kier molecular flexibility index (Phi) is 7.87. The highest BCUT2D eigenvalue weighted by Crippen LogP contribution is 2.20. The molecule has 0 spiro atoms. The van der Waals surface area contributed by atoms with Gasteiger partial charge in [-0.05, 0) is 43.3 Å². The molecule has 9 heteroatoms. The zero-order valence-electron chi connectivity index (χ0n) is 15.6. The first kappa shape index (κ1) is 21.0. The molecule has 0 bridgehead atoms. The van der Waals surface area contributed by atoms with Crippen molar-refractivity contribution in [1.29, 1.82) is 0 Å². The molecule has 0 radical (unpaired) electrons. The van der Waals surface area contributed by atoms with Gasteiger partial charge in [-0.25, -0.2) is 0 Å². The minimum atomic E-state index is -0.381. The number of amides is 1. The molecule has 2 aromatic rings. The van der Waals surface area contributed by atoms with Gasteiger partial charge in [0, 0.05) is 13.1 Å². The molecule has 0 aliphatic carbocycles. The number of carbonyl (C=O) groups excluding carboxylic acids is 1. The number of ether oxygens (including phenoxy) is 1. The lowest BCUT2D eigenvalue weighted by Gasteiger charge is -2.12. The van der Waals surface area contributed by atoms with Gasteiger partial charge in [0.05, 0.1) is 12.8 Å². The monoisotopic (exact) mass is 409 g/mol. The van der Waals surface area contributed by atoms with Crippen LogP contribution in [-0.4, -0.2) is 27.9 Å². The molecule has 1 amide bonds. The van der Waals surface area contributed by atoms with Gasteiger partial charge in [0.15, 0.2) is 5.11 Å². The first-order valence-corrected chi connectivity index (χ1v) is 9.44. The van der Waals surface area contributed by atoms with Crippen LogP contribution in [-0.2, 0) is 13.1 Å². The minimum absolute atomic E-state index is 0.298. The van der Waals surface area contributed by atoms with Crippen LogP contribution < -0.4 is 20.9 Å². The average molecular weight is 410 g/mol. The summed E-state index contributed by atoms with van der Waals surface area (Å²) >= 11 is 11.5. The first-order valence-electron chi connectivity index (χ1n) is 8.66. The topological polar surface area (TPSA) is 80.2 Å². The first-order chi connectivity index (χ1) is 13.0. The van der Waals surface area contributed by atoms with Crippen LogP contribution in [0, 0.1) is 6.92 Å². The van der Waals surface area contributed by atoms with Crippen LogP contribution >= 0.6 is 23.8 Å². The van der Waals surface area contributed by atoms with Crippen LogP contribution in [0.15, 0.2) is 24.3 Å². The van der Waals surface area contributed by atoms with E-state index in [0.717, 1.165) is 24.2 Å². The molecule has 3 N–H and O–H groups in total. The molecule has 2 rings (SSSR count). The molecule has 1 aromatic carbocycles. The van der Waals surface area contributed by atoms with Crippen LogP contribution in [0.3, 0.4) is 0 Å². The number of aromatic nitrogens is 2.